The van der Waals surface area contributed by atoms with E-state index >= 15 is 0 Å². The van der Waals surface area contributed by atoms with Gasteiger partial charge in [-0.1, -0.05) is 12.1 Å². The molecule has 1 amide bonds. The fourth-order valence-corrected chi connectivity index (χ4v) is 3.82. The lowest BCUT2D eigenvalue weighted by atomic mass is 10.2. The Morgan fingerprint density at radius 1 is 1.07 bits per heavy atom. The van der Waals surface area contributed by atoms with E-state index in [1.165, 1.54) is 30.3 Å². The Kier molecular flexibility index (Phi) is 6.65. The third kappa shape index (κ3) is 5.53. The predicted molar refractivity (Wildman–Crippen MR) is 113 cm³/mol. The Hall–Kier alpha value is -3.02. The number of nitro groups is 1. The van der Waals surface area contributed by atoms with E-state index in [0.29, 0.717) is 44.1 Å². The fraction of sp³-hybridized carbons (Fsp3) is 0.316. The standard InChI is InChI=1S/C19H23N5O5S/c20-30(28,29)16-7-5-15(6-8-16)21-19(25)9-10-22-11-13-23(14-12-22)17-3-1-2-4-18(17)24(26)27/h1-8H,9-14H2,(H,21,25)(H2,20,28,29). The zero-order chi connectivity index (χ0) is 21.7. The molecule has 2 aromatic carbocycles. The van der Waals surface area contributed by atoms with E-state index in [1.54, 1.807) is 18.2 Å². The summed E-state index contributed by atoms with van der Waals surface area (Å²) in [5.41, 5.74) is 1.20. The number of benzene rings is 2. The maximum atomic E-state index is 12.2. The molecule has 0 aliphatic carbocycles. The molecule has 30 heavy (non-hydrogen) atoms. The summed E-state index contributed by atoms with van der Waals surface area (Å²) in [7, 11) is -3.77. The number of nitrogens with one attached hydrogen (secondary N) is 1. The van der Waals surface area contributed by atoms with Crippen LogP contribution >= 0.6 is 0 Å². The Morgan fingerprint density at radius 3 is 2.30 bits per heavy atom. The van der Waals surface area contributed by atoms with Gasteiger partial charge in [0.15, 0.2) is 0 Å². The number of anilines is 2. The third-order valence-corrected chi connectivity index (χ3v) is 5.84. The predicted octanol–water partition coefficient (Wildman–Crippen LogP) is 1.39. The smallest absolute Gasteiger partial charge is 0.292 e. The van der Waals surface area contributed by atoms with Crippen molar-refractivity contribution < 1.29 is 18.1 Å². The highest BCUT2D eigenvalue weighted by Gasteiger charge is 2.23. The number of carbonyl (C=O) groups excluding carboxylic acids is 1. The van der Waals surface area contributed by atoms with Crippen LogP contribution in [-0.2, 0) is 14.8 Å². The number of hydrogen-bond acceptors (Lipinski definition) is 7. The number of primary sulfonamides is 1. The number of piperazine rings is 1. The molecule has 2 aromatic rings. The second-order valence-corrected chi connectivity index (χ2v) is 8.50. The molecule has 1 fully saturated rings. The first kappa shape index (κ1) is 21.7. The summed E-state index contributed by atoms with van der Waals surface area (Å²) in [6.45, 7) is 3.24. The van der Waals surface area contributed by atoms with Crippen LogP contribution in [0.15, 0.2) is 53.4 Å². The largest absolute Gasteiger partial charge is 0.363 e. The number of nitrogens with zero attached hydrogens (tertiary/aromatic N) is 3. The summed E-state index contributed by atoms with van der Waals surface area (Å²) in [4.78, 5) is 27.1. The van der Waals surface area contributed by atoms with Crippen LogP contribution in [0.4, 0.5) is 17.1 Å². The minimum absolute atomic E-state index is 0.0166. The number of sulfonamides is 1. The van der Waals surface area contributed by atoms with E-state index in [9.17, 15) is 23.3 Å². The highest BCUT2D eigenvalue weighted by atomic mass is 32.2. The van der Waals surface area contributed by atoms with E-state index in [0.717, 1.165) is 0 Å². The summed E-state index contributed by atoms with van der Waals surface area (Å²) in [6.07, 6.45) is 0.280. The molecule has 1 aliphatic heterocycles. The van der Waals surface area contributed by atoms with Gasteiger partial charge in [0.1, 0.15) is 5.69 Å². The molecule has 0 saturated carbocycles. The molecular weight excluding hydrogens is 410 g/mol. The summed E-state index contributed by atoms with van der Waals surface area (Å²) in [5.74, 6) is -0.181. The molecule has 0 bridgehead atoms. The van der Waals surface area contributed by atoms with Gasteiger partial charge in [0.25, 0.3) is 5.69 Å². The van der Waals surface area contributed by atoms with Gasteiger partial charge in [-0.25, -0.2) is 13.6 Å². The zero-order valence-electron chi connectivity index (χ0n) is 16.2. The maximum Gasteiger partial charge on any atom is 0.292 e. The summed E-state index contributed by atoms with van der Waals surface area (Å²) >= 11 is 0. The lowest BCUT2D eigenvalue weighted by Gasteiger charge is -2.35. The lowest BCUT2D eigenvalue weighted by molar-refractivity contribution is -0.384. The van der Waals surface area contributed by atoms with Gasteiger partial charge >= 0.3 is 0 Å². The quantitative estimate of drug-likeness (QED) is 0.497. The molecule has 0 aromatic heterocycles. The number of rotatable bonds is 7. The molecule has 11 heteroatoms. The van der Waals surface area contributed by atoms with Crippen LogP contribution in [0, 0.1) is 10.1 Å². The zero-order valence-corrected chi connectivity index (χ0v) is 17.0. The average Bonchev–Trinajstić information content (AvgIpc) is 2.72. The van der Waals surface area contributed by atoms with E-state index in [1.807, 2.05) is 4.90 Å². The first-order chi connectivity index (χ1) is 14.2. The molecule has 0 unspecified atom stereocenters. The Labute approximate surface area is 174 Å². The minimum Gasteiger partial charge on any atom is -0.363 e. The van der Waals surface area contributed by atoms with Gasteiger partial charge < -0.3 is 10.2 Å². The van der Waals surface area contributed by atoms with Crippen LogP contribution in [-0.4, -0.2) is 56.9 Å². The van der Waals surface area contributed by atoms with Crippen LogP contribution in [0.3, 0.4) is 0 Å². The van der Waals surface area contributed by atoms with Crippen molar-refractivity contribution in [3.05, 3.63) is 58.6 Å². The van der Waals surface area contributed by atoms with Gasteiger partial charge in [0.2, 0.25) is 15.9 Å². The topological polar surface area (TPSA) is 139 Å². The Morgan fingerprint density at radius 2 is 1.70 bits per heavy atom. The van der Waals surface area contributed by atoms with Gasteiger partial charge in [-0.2, -0.15) is 0 Å². The van der Waals surface area contributed by atoms with Crippen molar-refractivity contribution in [2.75, 3.05) is 42.9 Å². The minimum atomic E-state index is -3.77. The normalized spacial score (nSPS) is 15.0. The molecule has 0 atom stereocenters. The van der Waals surface area contributed by atoms with Crippen LogP contribution in [0.5, 0.6) is 0 Å². The second kappa shape index (κ2) is 9.20. The number of carbonyl (C=O) groups is 1. The van der Waals surface area contributed by atoms with E-state index in [-0.39, 0.29) is 27.8 Å². The van der Waals surface area contributed by atoms with Crippen molar-refractivity contribution in [1.29, 1.82) is 0 Å². The highest BCUT2D eigenvalue weighted by molar-refractivity contribution is 7.89. The van der Waals surface area contributed by atoms with Crippen LogP contribution in [0.2, 0.25) is 0 Å². The first-order valence-electron chi connectivity index (χ1n) is 9.37. The fourth-order valence-electron chi connectivity index (χ4n) is 3.31. The van der Waals surface area contributed by atoms with Crippen molar-refractivity contribution in [2.45, 2.75) is 11.3 Å². The van der Waals surface area contributed by atoms with Crippen LogP contribution in [0.25, 0.3) is 0 Å². The molecule has 10 nitrogen and oxygen atoms in total. The first-order valence-corrected chi connectivity index (χ1v) is 10.9. The molecule has 1 aliphatic rings. The van der Waals surface area contributed by atoms with Crippen molar-refractivity contribution in [2.24, 2.45) is 5.14 Å². The molecule has 1 saturated heterocycles. The van der Waals surface area contributed by atoms with E-state index in [2.05, 4.69) is 10.2 Å². The average molecular weight is 433 g/mol. The van der Waals surface area contributed by atoms with Crippen molar-refractivity contribution >= 4 is 33.0 Å². The van der Waals surface area contributed by atoms with Gasteiger partial charge in [-0.15, -0.1) is 0 Å². The molecular formula is C19H23N5O5S. The lowest BCUT2D eigenvalue weighted by Crippen LogP contribution is -2.47. The monoisotopic (exact) mass is 433 g/mol. The van der Waals surface area contributed by atoms with E-state index in [4.69, 9.17) is 5.14 Å². The van der Waals surface area contributed by atoms with Gasteiger partial charge in [0, 0.05) is 50.9 Å². The van der Waals surface area contributed by atoms with Crippen molar-refractivity contribution in [3.63, 3.8) is 0 Å². The molecule has 0 radical (unpaired) electrons. The second-order valence-electron chi connectivity index (χ2n) is 6.94. The van der Waals surface area contributed by atoms with Gasteiger partial charge in [0.05, 0.1) is 9.82 Å². The summed E-state index contributed by atoms with van der Waals surface area (Å²) < 4.78 is 22.5. The van der Waals surface area contributed by atoms with Crippen molar-refractivity contribution in [1.82, 2.24) is 4.90 Å². The Balaban J connectivity index is 1.47. The third-order valence-electron chi connectivity index (χ3n) is 4.91. The van der Waals surface area contributed by atoms with Crippen LogP contribution in [0.1, 0.15) is 6.42 Å². The van der Waals surface area contributed by atoms with Crippen LogP contribution < -0.4 is 15.4 Å². The van der Waals surface area contributed by atoms with E-state index < -0.39 is 10.0 Å². The molecule has 0 spiro atoms. The summed E-state index contributed by atoms with van der Waals surface area (Å²) in [5, 5.41) is 19.0. The number of amides is 1. The van der Waals surface area contributed by atoms with Crippen molar-refractivity contribution in [3.8, 4) is 0 Å². The van der Waals surface area contributed by atoms with Gasteiger partial charge in [-0.05, 0) is 30.3 Å². The molecule has 160 valence electrons. The Bertz CT molecular complexity index is 1020. The number of nitrogens with two attached hydrogens (primary N) is 1. The number of hydrogen-bond donors (Lipinski definition) is 2. The summed E-state index contributed by atoms with van der Waals surface area (Å²) in [6, 6.07) is 12.4. The van der Waals surface area contributed by atoms with Gasteiger partial charge in [-0.3, -0.25) is 19.8 Å². The number of nitro benzene ring substituents is 1. The SMILES string of the molecule is NS(=O)(=O)c1ccc(NC(=O)CCN2CCN(c3ccccc3[N+](=O)[O-])CC2)cc1. The molecule has 3 N–H and O–H groups in total. The maximum absolute atomic E-state index is 12.2. The molecule has 3 rings (SSSR count). The molecule has 1 heterocycles. The number of para-hydroxylation sites is 2. The highest BCUT2D eigenvalue weighted by Crippen LogP contribution is 2.28.